The molecule has 1 aliphatic rings. The van der Waals surface area contributed by atoms with Crippen molar-refractivity contribution in [1.29, 1.82) is 0 Å². The van der Waals surface area contributed by atoms with Crippen LogP contribution < -0.4 is 4.90 Å². The second kappa shape index (κ2) is 3.88. The normalized spacial score (nSPS) is 13.7. The summed E-state index contributed by atoms with van der Waals surface area (Å²) >= 11 is 0. The molecule has 0 spiro atoms. The molecule has 0 aromatic carbocycles. The molecule has 0 atom stereocenters. The molecule has 0 radical (unpaired) electrons. The topological polar surface area (TPSA) is 53.4 Å². The van der Waals surface area contributed by atoms with Crippen LogP contribution in [0.15, 0.2) is 12.1 Å². The molecule has 0 unspecified atom stereocenters. The Balaban J connectivity index is 2.19. The van der Waals surface area contributed by atoms with Gasteiger partial charge >= 0.3 is 5.97 Å². The van der Waals surface area contributed by atoms with E-state index in [1.165, 1.54) is 5.56 Å². The number of anilines is 1. The van der Waals surface area contributed by atoms with E-state index in [4.69, 9.17) is 5.11 Å². The predicted octanol–water partition coefficient (Wildman–Crippen LogP) is 1.09. The van der Waals surface area contributed by atoms with Gasteiger partial charge in [-0.3, -0.25) is 4.79 Å². The van der Waals surface area contributed by atoms with Crippen molar-refractivity contribution in [3.63, 3.8) is 0 Å². The SMILES string of the molecule is CN(CC(=O)O)c1ccc2c(n1)CCC2. The van der Waals surface area contributed by atoms with Gasteiger partial charge in [-0.1, -0.05) is 6.07 Å². The number of carboxylic acids is 1. The van der Waals surface area contributed by atoms with Gasteiger partial charge in [-0.2, -0.15) is 0 Å². The molecule has 0 bridgehead atoms. The zero-order valence-electron chi connectivity index (χ0n) is 8.73. The second-order valence-corrected chi connectivity index (χ2v) is 3.88. The van der Waals surface area contributed by atoms with Gasteiger partial charge in [-0.15, -0.1) is 0 Å². The molecule has 0 aliphatic heterocycles. The van der Waals surface area contributed by atoms with E-state index < -0.39 is 5.97 Å². The summed E-state index contributed by atoms with van der Waals surface area (Å²) in [6.07, 6.45) is 3.28. The number of nitrogens with zero attached hydrogens (tertiary/aromatic N) is 2. The number of hydrogen-bond acceptors (Lipinski definition) is 3. The van der Waals surface area contributed by atoms with Crippen LogP contribution in [0.5, 0.6) is 0 Å². The molecule has 4 heteroatoms. The summed E-state index contributed by atoms with van der Waals surface area (Å²) in [5.74, 6) is -0.0853. The first-order valence-corrected chi connectivity index (χ1v) is 5.08. The van der Waals surface area contributed by atoms with Gasteiger partial charge < -0.3 is 10.0 Å². The summed E-state index contributed by atoms with van der Waals surface area (Å²) in [6, 6.07) is 3.95. The Morgan fingerprint density at radius 2 is 2.33 bits per heavy atom. The van der Waals surface area contributed by atoms with Gasteiger partial charge in [0.05, 0.1) is 0 Å². The predicted molar refractivity (Wildman–Crippen MR) is 57.2 cm³/mol. The van der Waals surface area contributed by atoms with Crippen molar-refractivity contribution in [1.82, 2.24) is 4.98 Å². The van der Waals surface area contributed by atoms with Gasteiger partial charge in [0.1, 0.15) is 12.4 Å². The first-order chi connectivity index (χ1) is 7.16. The maximum atomic E-state index is 10.5. The number of carboxylic acid groups (broad SMARTS) is 1. The average molecular weight is 206 g/mol. The number of aryl methyl sites for hydroxylation is 2. The van der Waals surface area contributed by atoms with E-state index in [9.17, 15) is 4.79 Å². The molecule has 1 aromatic heterocycles. The number of rotatable bonds is 3. The number of pyridine rings is 1. The van der Waals surface area contributed by atoms with Crippen LogP contribution in [0.1, 0.15) is 17.7 Å². The van der Waals surface area contributed by atoms with Crippen LogP contribution in [0, 0.1) is 0 Å². The number of aromatic nitrogens is 1. The molecule has 1 heterocycles. The third kappa shape index (κ3) is 2.09. The average Bonchev–Trinajstić information content (AvgIpc) is 2.62. The minimum Gasteiger partial charge on any atom is -0.480 e. The Kier molecular flexibility index (Phi) is 2.58. The lowest BCUT2D eigenvalue weighted by atomic mass is 10.2. The van der Waals surface area contributed by atoms with Crippen molar-refractivity contribution in [2.24, 2.45) is 0 Å². The lowest BCUT2D eigenvalue weighted by molar-refractivity contribution is -0.135. The summed E-state index contributed by atoms with van der Waals surface area (Å²) < 4.78 is 0. The van der Waals surface area contributed by atoms with E-state index in [2.05, 4.69) is 11.1 Å². The van der Waals surface area contributed by atoms with E-state index >= 15 is 0 Å². The summed E-state index contributed by atoms with van der Waals surface area (Å²) in [6.45, 7) is -0.00815. The van der Waals surface area contributed by atoms with Crippen LogP contribution in [0.4, 0.5) is 5.82 Å². The molecule has 4 nitrogen and oxygen atoms in total. The number of hydrogen-bond donors (Lipinski definition) is 1. The van der Waals surface area contributed by atoms with Gasteiger partial charge in [0.25, 0.3) is 0 Å². The number of aliphatic carboxylic acids is 1. The van der Waals surface area contributed by atoms with E-state index in [0.29, 0.717) is 0 Å². The minimum absolute atomic E-state index is 0.00815. The maximum absolute atomic E-state index is 10.5. The standard InChI is InChI=1S/C11H14N2O2/c1-13(7-11(14)15)10-6-5-8-3-2-4-9(8)12-10/h5-6H,2-4,7H2,1H3,(H,14,15). The van der Waals surface area contributed by atoms with Gasteiger partial charge in [0, 0.05) is 12.7 Å². The molecule has 2 rings (SSSR count). The molecule has 1 aromatic rings. The lowest BCUT2D eigenvalue weighted by Crippen LogP contribution is -2.26. The summed E-state index contributed by atoms with van der Waals surface area (Å²) in [5, 5.41) is 8.67. The Morgan fingerprint density at radius 3 is 3.07 bits per heavy atom. The number of likely N-dealkylation sites (N-methyl/N-ethyl adjacent to an activating group) is 1. The third-order valence-electron chi connectivity index (χ3n) is 2.68. The second-order valence-electron chi connectivity index (χ2n) is 3.88. The van der Waals surface area contributed by atoms with Gasteiger partial charge in [-0.05, 0) is 30.9 Å². The van der Waals surface area contributed by atoms with Crippen LogP contribution in [-0.2, 0) is 17.6 Å². The van der Waals surface area contributed by atoms with Gasteiger partial charge in [0.15, 0.2) is 0 Å². The molecule has 1 aliphatic carbocycles. The van der Waals surface area contributed by atoms with Crippen molar-refractivity contribution >= 4 is 11.8 Å². The van der Waals surface area contributed by atoms with E-state index in [0.717, 1.165) is 30.8 Å². The molecule has 0 fully saturated rings. The fourth-order valence-electron chi connectivity index (χ4n) is 1.91. The largest absolute Gasteiger partial charge is 0.480 e. The van der Waals surface area contributed by atoms with Crippen LogP contribution in [0.3, 0.4) is 0 Å². The monoisotopic (exact) mass is 206 g/mol. The first-order valence-electron chi connectivity index (χ1n) is 5.08. The molecule has 1 N–H and O–H groups in total. The van der Waals surface area contributed by atoms with Crippen LogP contribution in [0.2, 0.25) is 0 Å². The lowest BCUT2D eigenvalue weighted by Gasteiger charge is -2.16. The van der Waals surface area contributed by atoms with Crippen molar-refractivity contribution in [2.45, 2.75) is 19.3 Å². The minimum atomic E-state index is -0.834. The van der Waals surface area contributed by atoms with Crippen LogP contribution in [0.25, 0.3) is 0 Å². The highest BCUT2D eigenvalue weighted by molar-refractivity contribution is 5.72. The van der Waals surface area contributed by atoms with Gasteiger partial charge in [-0.25, -0.2) is 4.98 Å². The smallest absolute Gasteiger partial charge is 0.323 e. The molecule has 0 amide bonds. The molecular weight excluding hydrogens is 192 g/mol. The molecular formula is C11H14N2O2. The van der Waals surface area contributed by atoms with Crippen molar-refractivity contribution in [3.05, 3.63) is 23.4 Å². The van der Waals surface area contributed by atoms with Gasteiger partial charge in [0.2, 0.25) is 0 Å². The zero-order valence-corrected chi connectivity index (χ0v) is 8.73. The molecule has 0 saturated carbocycles. The highest BCUT2D eigenvalue weighted by Crippen LogP contribution is 2.22. The fourth-order valence-corrected chi connectivity index (χ4v) is 1.91. The summed E-state index contributed by atoms with van der Waals surface area (Å²) in [7, 11) is 1.75. The summed E-state index contributed by atoms with van der Waals surface area (Å²) in [4.78, 5) is 16.7. The molecule has 15 heavy (non-hydrogen) atoms. The first kappa shape index (κ1) is 9.96. The van der Waals surface area contributed by atoms with E-state index in [-0.39, 0.29) is 6.54 Å². The van der Waals surface area contributed by atoms with Crippen LogP contribution in [-0.4, -0.2) is 29.7 Å². The maximum Gasteiger partial charge on any atom is 0.323 e. The number of fused-ring (bicyclic) bond motifs is 1. The van der Waals surface area contributed by atoms with Crippen molar-refractivity contribution in [2.75, 3.05) is 18.5 Å². The van der Waals surface area contributed by atoms with Crippen LogP contribution >= 0.6 is 0 Å². The quantitative estimate of drug-likeness (QED) is 0.804. The number of carbonyl (C=O) groups is 1. The Bertz CT molecular complexity index is 390. The fraction of sp³-hybridized carbons (Fsp3) is 0.455. The Labute approximate surface area is 88.6 Å². The highest BCUT2D eigenvalue weighted by atomic mass is 16.4. The molecule has 80 valence electrons. The van der Waals surface area contributed by atoms with E-state index in [1.807, 2.05) is 6.07 Å². The highest BCUT2D eigenvalue weighted by Gasteiger charge is 2.14. The molecule has 0 saturated heterocycles. The third-order valence-corrected chi connectivity index (χ3v) is 2.68. The van der Waals surface area contributed by atoms with Crippen molar-refractivity contribution < 1.29 is 9.90 Å². The van der Waals surface area contributed by atoms with E-state index in [1.54, 1.807) is 11.9 Å². The Hall–Kier alpha value is -1.58. The zero-order chi connectivity index (χ0) is 10.8. The van der Waals surface area contributed by atoms with Crippen molar-refractivity contribution in [3.8, 4) is 0 Å². The summed E-state index contributed by atoms with van der Waals surface area (Å²) in [5.41, 5.74) is 2.44. The Morgan fingerprint density at radius 1 is 1.53 bits per heavy atom.